The van der Waals surface area contributed by atoms with Crippen molar-refractivity contribution in [3.05, 3.63) is 38.6 Å². The Morgan fingerprint density at radius 1 is 1.24 bits per heavy atom. The maximum absolute atomic E-state index is 4.56. The molecule has 0 bridgehead atoms. The van der Waals surface area contributed by atoms with Crippen molar-refractivity contribution in [1.29, 1.82) is 0 Å². The normalized spacial score (nSPS) is 11.1. The van der Waals surface area contributed by atoms with E-state index in [4.69, 9.17) is 0 Å². The summed E-state index contributed by atoms with van der Waals surface area (Å²) in [5, 5.41) is 0. The van der Waals surface area contributed by atoms with Crippen LogP contribution in [0, 0.1) is 0 Å². The molecular weight excluding hydrogens is 294 g/mol. The largest absolute Gasteiger partial charge is 0.229 e. The van der Waals surface area contributed by atoms with Gasteiger partial charge in [0.05, 0.1) is 5.69 Å². The van der Waals surface area contributed by atoms with Gasteiger partial charge in [0.1, 0.15) is 0 Å². The van der Waals surface area contributed by atoms with E-state index in [9.17, 15) is 0 Å². The molecule has 0 fully saturated rings. The highest BCUT2D eigenvalue weighted by atomic mass is 79.9. The predicted octanol–water partition coefficient (Wildman–Crippen LogP) is 5.26. The molecule has 0 saturated heterocycles. The quantitative estimate of drug-likeness (QED) is 0.753. The number of hydrogen-bond acceptors (Lipinski definition) is 2. The van der Waals surface area contributed by atoms with Crippen molar-refractivity contribution in [3.63, 3.8) is 0 Å². The van der Waals surface area contributed by atoms with Crippen molar-refractivity contribution in [1.82, 2.24) is 4.98 Å². The van der Waals surface area contributed by atoms with Gasteiger partial charge in [-0.05, 0) is 33.8 Å². The van der Waals surface area contributed by atoms with Crippen LogP contribution in [0.15, 0.2) is 28.2 Å². The minimum atomic E-state index is 0.580. The van der Waals surface area contributed by atoms with Crippen molar-refractivity contribution >= 4 is 27.3 Å². The van der Waals surface area contributed by atoms with Crippen LogP contribution in [0.3, 0.4) is 0 Å². The highest BCUT2D eigenvalue weighted by molar-refractivity contribution is 9.11. The molecule has 1 heterocycles. The molecule has 0 spiro atoms. The van der Waals surface area contributed by atoms with Crippen LogP contribution in [0.5, 0.6) is 0 Å². The van der Waals surface area contributed by atoms with Gasteiger partial charge in [-0.25, -0.2) is 4.98 Å². The zero-order chi connectivity index (χ0) is 12.4. The molecule has 2 aromatic rings. The van der Waals surface area contributed by atoms with Crippen molar-refractivity contribution in [3.8, 4) is 11.3 Å². The maximum Gasteiger partial charge on any atom is 0.160 e. The Kier molecular flexibility index (Phi) is 4.00. The fraction of sp³-hybridized carbons (Fsp3) is 0.357. The number of thiazole rings is 1. The summed E-state index contributed by atoms with van der Waals surface area (Å²) in [6.45, 7) is 6.60. The molecule has 1 aromatic carbocycles. The van der Waals surface area contributed by atoms with Crippen LogP contribution in [0.4, 0.5) is 0 Å². The number of benzene rings is 1. The van der Waals surface area contributed by atoms with Gasteiger partial charge in [-0.3, -0.25) is 0 Å². The van der Waals surface area contributed by atoms with Gasteiger partial charge in [0, 0.05) is 10.4 Å². The first-order valence-corrected chi connectivity index (χ1v) is 7.48. The minimum Gasteiger partial charge on any atom is -0.229 e. The first kappa shape index (κ1) is 12.8. The highest BCUT2D eigenvalue weighted by Crippen LogP contribution is 2.32. The third kappa shape index (κ3) is 2.78. The van der Waals surface area contributed by atoms with Gasteiger partial charge in [-0.15, -0.1) is 11.3 Å². The molecule has 0 atom stereocenters. The van der Waals surface area contributed by atoms with Gasteiger partial charge in [0.15, 0.2) is 3.92 Å². The van der Waals surface area contributed by atoms with E-state index < -0.39 is 0 Å². The molecule has 0 radical (unpaired) electrons. The average molecular weight is 310 g/mol. The molecule has 0 aliphatic rings. The van der Waals surface area contributed by atoms with Crippen LogP contribution < -0.4 is 0 Å². The number of aryl methyl sites for hydroxylation is 1. The van der Waals surface area contributed by atoms with Crippen molar-refractivity contribution in [2.24, 2.45) is 0 Å². The van der Waals surface area contributed by atoms with Gasteiger partial charge in [0.25, 0.3) is 0 Å². The third-order valence-electron chi connectivity index (χ3n) is 2.84. The van der Waals surface area contributed by atoms with Crippen molar-refractivity contribution in [2.75, 3.05) is 0 Å². The molecule has 0 aliphatic heterocycles. The smallest absolute Gasteiger partial charge is 0.160 e. The van der Waals surface area contributed by atoms with Crippen LogP contribution in [-0.4, -0.2) is 4.98 Å². The lowest BCUT2D eigenvalue weighted by Crippen LogP contribution is -1.88. The summed E-state index contributed by atoms with van der Waals surface area (Å²) in [5.74, 6) is 0.580. The molecule has 0 N–H and O–H groups in total. The molecule has 1 nitrogen and oxygen atoms in total. The number of aromatic nitrogens is 1. The Bertz CT molecular complexity index is 499. The lowest BCUT2D eigenvalue weighted by molar-refractivity contribution is 0.867. The van der Waals surface area contributed by atoms with Gasteiger partial charge < -0.3 is 0 Å². The molecular formula is C14H16BrNS. The van der Waals surface area contributed by atoms with Crippen LogP contribution >= 0.6 is 27.3 Å². The second-order valence-electron chi connectivity index (χ2n) is 4.37. The number of rotatable bonds is 3. The van der Waals surface area contributed by atoms with Gasteiger partial charge in [-0.2, -0.15) is 0 Å². The van der Waals surface area contributed by atoms with Gasteiger partial charge >= 0.3 is 0 Å². The summed E-state index contributed by atoms with van der Waals surface area (Å²) in [5.41, 5.74) is 3.72. The predicted molar refractivity (Wildman–Crippen MR) is 78.7 cm³/mol. The number of halogens is 1. The van der Waals surface area contributed by atoms with E-state index in [1.54, 1.807) is 11.3 Å². The minimum absolute atomic E-state index is 0.580. The van der Waals surface area contributed by atoms with Crippen LogP contribution in [0.2, 0.25) is 0 Å². The van der Waals surface area contributed by atoms with E-state index in [1.807, 2.05) is 0 Å². The summed E-state index contributed by atoms with van der Waals surface area (Å²) in [6, 6.07) is 8.76. The van der Waals surface area contributed by atoms with Gasteiger partial charge in [-0.1, -0.05) is 45.0 Å². The molecule has 3 heteroatoms. The Morgan fingerprint density at radius 3 is 2.41 bits per heavy atom. The summed E-state index contributed by atoms with van der Waals surface area (Å²) in [4.78, 5) is 5.90. The zero-order valence-corrected chi connectivity index (χ0v) is 12.7. The topological polar surface area (TPSA) is 12.9 Å². The lowest BCUT2D eigenvalue weighted by atomic mass is 10.0. The molecule has 0 saturated carbocycles. The molecule has 1 aromatic heterocycles. The first-order chi connectivity index (χ1) is 8.11. The highest BCUT2D eigenvalue weighted by Gasteiger charge is 2.10. The summed E-state index contributed by atoms with van der Waals surface area (Å²) in [7, 11) is 0. The second-order valence-corrected chi connectivity index (χ2v) is 6.73. The van der Waals surface area contributed by atoms with Crippen LogP contribution in [0.25, 0.3) is 11.3 Å². The fourth-order valence-electron chi connectivity index (χ4n) is 1.81. The Morgan fingerprint density at radius 2 is 1.88 bits per heavy atom. The van der Waals surface area contributed by atoms with E-state index >= 15 is 0 Å². The van der Waals surface area contributed by atoms with E-state index in [2.05, 4.69) is 66.0 Å². The SMILES string of the molecule is CCc1sc(Br)nc1-c1ccc(C(C)C)cc1. The van der Waals surface area contributed by atoms with Gasteiger partial charge in [0.2, 0.25) is 0 Å². The Labute approximate surface area is 115 Å². The zero-order valence-electron chi connectivity index (χ0n) is 10.3. The number of nitrogens with zero attached hydrogens (tertiary/aromatic N) is 1. The summed E-state index contributed by atoms with van der Waals surface area (Å²) >= 11 is 5.19. The van der Waals surface area contributed by atoms with Crippen LogP contribution in [0.1, 0.15) is 37.1 Å². The molecule has 90 valence electrons. The Hall–Kier alpha value is -0.670. The number of hydrogen-bond donors (Lipinski definition) is 0. The van der Waals surface area contributed by atoms with E-state index in [0.29, 0.717) is 5.92 Å². The van der Waals surface area contributed by atoms with Crippen molar-refractivity contribution < 1.29 is 0 Å². The molecule has 0 aliphatic carbocycles. The standard InChI is InChI=1S/C14H16BrNS/c1-4-12-13(16-14(15)17-12)11-7-5-10(6-8-11)9(2)3/h5-9H,4H2,1-3H3. The van der Waals surface area contributed by atoms with Crippen molar-refractivity contribution in [2.45, 2.75) is 33.1 Å². The average Bonchev–Trinajstić information content (AvgIpc) is 2.70. The summed E-state index contributed by atoms with van der Waals surface area (Å²) < 4.78 is 0.970. The van der Waals surface area contributed by atoms with E-state index in [0.717, 1.165) is 16.0 Å². The summed E-state index contributed by atoms with van der Waals surface area (Å²) in [6.07, 6.45) is 1.03. The monoisotopic (exact) mass is 309 g/mol. The molecule has 17 heavy (non-hydrogen) atoms. The second kappa shape index (κ2) is 5.32. The first-order valence-electron chi connectivity index (χ1n) is 5.87. The molecule has 0 unspecified atom stereocenters. The Balaban J connectivity index is 2.39. The lowest BCUT2D eigenvalue weighted by Gasteiger charge is -2.06. The third-order valence-corrected chi connectivity index (χ3v) is 4.49. The van der Waals surface area contributed by atoms with E-state index in [1.165, 1.54) is 16.0 Å². The maximum atomic E-state index is 4.56. The molecule has 2 rings (SSSR count). The molecule has 0 amide bonds. The van der Waals surface area contributed by atoms with E-state index in [-0.39, 0.29) is 0 Å². The van der Waals surface area contributed by atoms with Crippen LogP contribution in [-0.2, 0) is 6.42 Å². The fourth-order valence-corrected chi connectivity index (χ4v) is 3.32.